The third-order valence-corrected chi connectivity index (χ3v) is 5.55. The van der Waals surface area contributed by atoms with E-state index in [0.717, 1.165) is 0 Å². The molecule has 10 nitrogen and oxygen atoms in total. The van der Waals surface area contributed by atoms with Crippen LogP contribution in [0.25, 0.3) is 0 Å². The Morgan fingerprint density at radius 2 is 1.71 bits per heavy atom. The lowest BCUT2D eigenvalue weighted by molar-refractivity contribution is -0.192. The fourth-order valence-electron chi connectivity index (χ4n) is 4.01. The number of carboxylic acid groups (broad SMARTS) is 1. The molecule has 3 rings (SSSR count). The first-order valence-electron chi connectivity index (χ1n) is 10.5. The van der Waals surface area contributed by atoms with E-state index in [1.807, 2.05) is 11.8 Å². The van der Waals surface area contributed by atoms with Crippen LogP contribution in [0.15, 0.2) is 24.4 Å². The van der Waals surface area contributed by atoms with Gasteiger partial charge in [0.1, 0.15) is 5.69 Å². The molecule has 1 aromatic heterocycles. The second-order valence-electron chi connectivity index (χ2n) is 8.43. The van der Waals surface area contributed by atoms with E-state index in [-0.39, 0.29) is 17.8 Å². The minimum absolute atomic E-state index is 0.0851. The number of alkyl halides is 3. The van der Waals surface area contributed by atoms with Crippen molar-refractivity contribution in [2.24, 2.45) is 5.41 Å². The van der Waals surface area contributed by atoms with Crippen molar-refractivity contribution in [1.82, 2.24) is 24.6 Å². The summed E-state index contributed by atoms with van der Waals surface area (Å²) >= 11 is 0. The Labute approximate surface area is 194 Å². The van der Waals surface area contributed by atoms with E-state index >= 15 is 0 Å². The van der Waals surface area contributed by atoms with Crippen LogP contribution >= 0.6 is 0 Å². The van der Waals surface area contributed by atoms with E-state index < -0.39 is 17.6 Å². The highest BCUT2D eigenvalue weighted by molar-refractivity contribution is 5.92. The third kappa shape index (κ3) is 6.58. The molecule has 1 N–H and O–H groups in total. The van der Waals surface area contributed by atoms with E-state index in [4.69, 9.17) is 9.90 Å². The van der Waals surface area contributed by atoms with Gasteiger partial charge in [0.2, 0.25) is 5.91 Å². The standard InChI is InChI=1S/C19H27N5O3.C2HF3O2/c1-4-22-12-19(11-16(22)25)13-23(17(26)15-7-5-6-8-20-15)9-10-24(14-19)18(27)21(2)3;3-2(4,5)1(6)7/h5-8H,4,9-14H2,1-3H3;(H,6,7). The van der Waals surface area contributed by atoms with Crippen molar-refractivity contribution >= 4 is 23.8 Å². The first-order valence-corrected chi connectivity index (χ1v) is 10.5. The number of rotatable bonds is 2. The van der Waals surface area contributed by atoms with Crippen molar-refractivity contribution in [3.05, 3.63) is 30.1 Å². The molecule has 3 heterocycles. The maximum absolute atomic E-state index is 13.0. The van der Waals surface area contributed by atoms with Gasteiger partial charge >= 0.3 is 18.2 Å². The topological polar surface area (TPSA) is 114 Å². The van der Waals surface area contributed by atoms with E-state index in [1.54, 1.807) is 48.3 Å². The number of nitrogens with zero attached hydrogens (tertiary/aromatic N) is 5. The number of hydrogen-bond acceptors (Lipinski definition) is 5. The third-order valence-electron chi connectivity index (χ3n) is 5.55. The highest BCUT2D eigenvalue weighted by atomic mass is 19.4. The Morgan fingerprint density at radius 1 is 1.12 bits per heavy atom. The predicted molar refractivity (Wildman–Crippen MR) is 114 cm³/mol. The van der Waals surface area contributed by atoms with Crippen LogP contribution in [0.5, 0.6) is 0 Å². The van der Waals surface area contributed by atoms with Crippen molar-refractivity contribution < 1.29 is 37.5 Å². The predicted octanol–water partition coefficient (Wildman–Crippen LogP) is 1.39. The van der Waals surface area contributed by atoms with E-state index in [9.17, 15) is 27.6 Å². The minimum Gasteiger partial charge on any atom is -0.475 e. The van der Waals surface area contributed by atoms with Crippen molar-refractivity contribution in [1.29, 1.82) is 0 Å². The van der Waals surface area contributed by atoms with Gasteiger partial charge in [-0.1, -0.05) is 6.07 Å². The van der Waals surface area contributed by atoms with Crippen LogP contribution in [0.1, 0.15) is 23.8 Å². The van der Waals surface area contributed by atoms with Gasteiger partial charge in [0.15, 0.2) is 0 Å². The van der Waals surface area contributed by atoms with Crippen molar-refractivity contribution in [2.75, 3.05) is 53.4 Å². The molecule has 4 amide bonds. The van der Waals surface area contributed by atoms with Crippen molar-refractivity contribution in [3.63, 3.8) is 0 Å². The SMILES string of the molecule is CCN1CC2(CC1=O)CN(C(=O)c1ccccn1)CCN(C(=O)N(C)C)C2.O=C(O)C(F)(F)F. The number of aromatic nitrogens is 1. The lowest BCUT2D eigenvalue weighted by Gasteiger charge is -2.34. The fraction of sp³-hybridized carbons (Fsp3) is 0.571. The number of carbonyl (C=O) groups is 4. The van der Waals surface area contributed by atoms with Gasteiger partial charge in [0.25, 0.3) is 5.91 Å². The Hall–Kier alpha value is -3.38. The highest BCUT2D eigenvalue weighted by Crippen LogP contribution is 2.35. The molecule has 2 aliphatic heterocycles. The lowest BCUT2D eigenvalue weighted by atomic mass is 9.86. The molecular formula is C21H28F3N5O5. The van der Waals surface area contributed by atoms with E-state index in [1.165, 1.54) is 4.90 Å². The van der Waals surface area contributed by atoms with E-state index in [2.05, 4.69) is 4.98 Å². The Kier molecular flexibility index (Phi) is 8.46. The molecule has 0 radical (unpaired) electrons. The molecule has 2 aliphatic rings. The summed E-state index contributed by atoms with van der Waals surface area (Å²) in [4.78, 5) is 58.0. The summed E-state index contributed by atoms with van der Waals surface area (Å²) in [6, 6.07) is 5.16. The number of aliphatic carboxylic acids is 1. The smallest absolute Gasteiger partial charge is 0.475 e. The van der Waals surface area contributed by atoms with Crippen LogP contribution in [0, 0.1) is 5.41 Å². The highest BCUT2D eigenvalue weighted by Gasteiger charge is 2.48. The normalized spacial score (nSPS) is 20.5. The molecule has 1 spiro atoms. The zero-order chi connectivity index (χ0) is 25.7. The molecule has 1 unspecified atom stereocenters. The van der Waals surface area contributed by atoms with Crippen LogP contribution in [0.2, 0.25) is 0 Å². The fourth-order valence-corrected chi connectivity index (χ4v) is 4.01. The van der Waals surface area contributed by atoms with Gasteiger partial charge in [-0.2, -0.15) is 13.2 Å². The monoisotopic (exact) mass is 487 g/mol. The van der Waals surface area contributed by atoms with Gasteiger partial charge in [-0.15, -0.1) is 0 Å². The summed E-state index contributed by atoms with van der Waals surface area (Å²) < 4.78 is 31.7. The number of pyridine rings is 1. The summed E-state index contributed by atoms with van der Waals surface area (Å²) in [5.74, 6) is -2.83. The molecular weight excluding hydrogens is 459 g/mol. The van der Waals surface area contributed by atoms with Gasteiger partial charge in [0.05, 0.1) is 0 Å². The first kappa shape index (κ1) is 26.9. The number of halogens is 3. The Morgan fingerprint density at radius 3 is 2.18 bits per heavy atom. The molecule has 2 saturated heterocycles. The number of amides is 4. The number of urea groups is 1. The van der Waals surface area contributed by atoms with Crippen molar-refractivity contribution in [2.45, 2.75) is 19.5 Å². The molecule has 0 bridgehead atoms. The average Bonchev–Trinajstić information content (AvgIpc) is 2.97. The quantitative estimate of drug-likeness (QED) is 0.675. The second kappa shape index (κ2) is 10.7. The Balaban J connectivity index is 0.000000509. The summed E-state index contributed by atoms with van der Waals surface area (Å²) in [6.45, 7) is 4.93. The van der Waals surface area contributed by atoms with Crippen LogP contribution in [0.4, 0.5) is 18.0 Å². The maximum atomic E-state index is 13.0. The summed E-state index contributed by atoms with van der Waals surface area (Å²) in [5, 5.41) is 7.12. The molecule has 0 aliphatic carbocycles. The molecule has 0 saturated carbocycles. The number of likely N-dealkylation sites (tertiary alicyclic amines) is 1. The second-order valence-corrected chi connectivity index (χ2v) is 8.43. The molecule has 0 aromatic carbocycles. The number of hydrogen-bond donors (Lipinski definition) is 1. The molecule has 1 aromatic rings. The first-order chi connectivity index (χ1) is 15.8. The van der Waals surface area contributed by atoms with Gasteiger partial charge in [0, 0.05) is 71.4 Å². The minimum atomic E-state index is -5.08. The van der Waals surface area contributed by atoms with Crippen LogP contribution in [0.3, 0.4) is 0 Å². The lowest BCUT2D eigenvalue weighted by Crippen LogP contribution is -2.47. The van der Waals surface area contributed by atoms with Gasteiger partial charge in [-0.25, -0.2) is 9.59 Å². The van der Waals surface area contributed by atoms with Crippen LogP contribution in [-0.2, 0) is 9.59 Å². The maximum Gasteiger partial charge on any atom is 0.490 e. The van der Waals surface area contributed by atoms with Gasteiger partial charge in [-0.3, -0.25) is 14.6 Å². The molecule has 1 atom stereocenters. The molecule has 34 heavy (non-hydrogen) atoms. The number of carbonyl (C=O) groups excluding carboxylic acids is 3. The summed E-state index contributed by atoms with van der Waals surface area (Å²) in [7, 11) is 3.43. The van der Waals surface area contributed by atoms with Gasteiger partial charge in [-0.05, 0) is 19.1 Å². The molecule has 13 heteroatoms. The zero-order valence-corrected chi connectivity index (χ0v) is 19.2. The van der Waals surface area contributed by atoms with Crippen LogP contribution in [-0.4, -0.2) is 113 Å². The summed E-state index contributed by atoms with van der Waals surface area (Å²) in [5.41, 5.74) is -0.0589. The van der Waals surface area contributed by atoms with E-state index in [0.29, 0.717) is 51.4 Å². The molecule has 2 fully saturated rings. The zero-order valence-electron chi connectivity index (χ0n) is 19.2. The Bertz CT molecular complexity index is 912. The average molecular weight is 487 g/mol. The van der Waals surface area contributed by atoms with Crippen molar-refractivity contribution in [3.8, 4) is 0 Å². The largest absolute Gasteiger partial charge is 0.490 e. The van der Waals surface area contributed by atoms with Gasteiger partial charge < -0.3 is 24.7 Å². The van der Waals surface area contributed by atoms with Crippen LogP contribution < -0.4 is 0 Å². The summed E-state index contributed by atoms with van der Waals surface area (Å²) in [6.07, 6.45) is -3.13. The molecule has 188 valence electrons. The number of carboxylic acids is 1.